The number of esters is 3. The van der Waals surface area contributed by atoms with Crippen LogP contribution in [0.4, 0.5) is 0 Å². The van der Waals surface area contributed by atoms with Crippen LogP contribution in [0.1, 0.15) is 68.7 Å². The third kappa shape index (κ3) is 4.13. The van der Waals surface area contributed by atoms with E-state index in [1.807, 2.05) is 20.8 Å². The maximum Gasteiger partial charge on any atom is 0.334 e. The molecule has 1 aliphatic heterocycles. The molecular formula is C29H40O9. The molecule has 0 amide bonds. The summed E-state index contributed by atoms with van der Waals surface area (Å²) < 4.78 is 23.6. The van der Waals surface area contributed by atoms with Gasteiger partial charge in [0, 0.05) is 31.3 Å². The second-order valence-corrected chi connectivity index (χ2v) is 12.2. The fourth-order valence-corrected chi connectivity index (χ4v) is 7.25. The van der Waals surface area contributed by atoms with E-state index in [1.165, 1.54) is 13.8 Å². The van der Waals surface area contributed by atoms with Gasteiger partial charge in [-0.2, -0.15) is 0 Å². The van der Waals surface area contributed by atoms with Crippen LogP contribution >= 0.6 is 0 Å². The highest BCUT2D eigenvalue weighted by molar-refractivity contribution is 5.96. The number of fused-ring (bicyclic) bond motifs is 1. The molecule has 4 aliphatic rings. The van der Waals surface area contributed by atoms with Crippen LogP contribution < -0.4 is 0 Å². The van der Waals surface area contributed by atoms with E-state index in [0.29, 0.717) is 17.6 Å². The number of carbonyl (C=O) groups excluding carboxylic acids is 4. The fraction of sp³-hybridized carbons (Fsp3) is 0.724. The molecule has 0 spiro atoms. The van der Waals surface area contributed by atoms with Crippen molar-refractivity contribution in [3.63, 3.8) is 0 Å². The summed E-state index contributed by atoms with van der Waals surface area (Å²) in [7, 11) is 0. The molecule has 4 rings (SSSR count). The molecule has 0 aromatic carbocycles. The Labute approximate surface area is 223 Å². The summed E-state index contributed by atoms with van der Waals surface area (Å²) in [5.74, 6) is -3.56. The first-order chi connectivity index (χ1) is 17.6. The van der Waals surface area contributed by atoms with E-state index >= 15 is 0 Å². The number of aliphatic hydroxyl groups excluding tert-OH is 1. The van der Waals surface area contributed by atoms with Crippen LogP contribution in [0.25, 0.3) is 0 Å². The Morgan fingerprint density at radius 3 is 2.21 bits per heavy atom. The zero-order chi connectivity index (χ0) is 28.5. The zero-order valence-corrected chi connectivity index (χ0v) is 23.7. The molecule has 1 N–H and O–H groups in total. The van der Waals surface area contributed by atoms with Crippen molar-refractivity contribution < 1.29 is 43.2 Å². The SMILES string of the molecule is C/C=C(/C)C(=O)O[C@@H]1/C(C)=C/[C@@]23O[C@@]2(C[C@H](C)[C@@H]3OC(C)=O)C(=O)[C@@H](C)[C@H](OC(C)=O)[C@@H]2[C@H]([C@@H]1O)C2(C)C. The van der Waals surface area contributed by atoms with Crippen molar-refractivity contribution in [2.45, 2.75) is 104 Å². The molecule has 9 nitrogen and oxygen atoms in total. The number of epoxide rings is 1. The van der Waals surface area contributed by atoms with Crippen molar-refractivity contribution in [3.8, 4) is 0 Å². The number of Topliss-reactive ketones (excluding diaryl/α,β-unsaturated/α-hetero) is 1. The van der Waals surface area contributed by atoms with E-state index in [4.69, 9.17) is 18.9 Å². The Morgan fingerprint density at radius 1 is 1.05 bits per heavy atom. The van der Waals surface area contributed by atoms with Gasteiger partial charge in [-0.25, -0.2) is 4.79 Å². The Morgan fingerprint density at radius 2 is 1.66 bits per heavy atom. The minimum absolute atomic E-state index is 0.204. The van der Waals surface area contributed by atoms with Crippen LogP contribution in [-0.4, -0.2) is 64.4 Å². The van der Waals surface area contributed by atoms with Crippen molar-refractivity contribution in [2.75, 3.05) is 0 Å². The first kappa shape index (κ1) is 28.5. The van der Waals surface area contributed by atoms with Gasteiger partial charge in [0.05, 0.1) is 12.0 Å². The van der Waals surface area contributed by atoms with E-state index in [0.717, 1.165) is 0 Å². The molecule has 0 aromatic rings. The Hall–Kier alpha value is -2.52. The number of carbonyl (C=O) groups is 4. The summed E-state index contributed by atoms with van der Waals surface area (Å²) in [5.41, 5.74) is -2.19. The topological polar surface area (TPSA) is 129 Å². The summed E-state index contributed by atoms with van der Waals surface area (Å²) in [6, 6.07) is 0. The van der Waals surface area contributed by atoms with Gasteiger partial charge in [-0.15, -0.1) is 0 Å². The van der Waals surface area contributed by atoms with Crippen LogP contribution in [0.15, 0.2) is 23.3 Å². The highest BCUT2D eigenvalue weighted by atomic mass is 16.7. The number of aliphatic hydroxyl groups is 1. The molecule has 210 valence electrons. The van der Waals surface area contributed by atoms with Crippen molar-refractivity contribution >= 4 is 23.7 Å². The quantitative estimate of drug-likeness (QED) is 0.191. The van der Waals surface area contributed by atoms with Gasteiger partial charge in [0.1, 0.15) is 18.3 Å². The smallest absolute Gasteiger partial charge is 0.334 e. The van der Waals surface area contributed by atoms with E-state index in [9.17, 15) is 24.3 Å². The lowest BCUT2D eigenvalue weighted by Gasteiger charge is -2.28. The number of ether oxygens (including phenoxy) is 4. The van der Waals surface area contributed by atoms with Gasteiger partial charge in [0.15, 0.2) is 17.0 Å². The van der Waals surface area contributed by atoms with Crippen LogP contribution in [-0.2, 0) is 38.1 Å². The number of allylic oxidation sites excluding steroid dienone is 1. The van der Waals surface area contributed by atoms with Crippen LogP contribution in [0.2, 0.25) is 0 Å². The molecule has 9 heteroatoms. The van der Waals surface area contributed by atoms with Gasteiger partial charge in [-0.1, -0.05) is 33.8 Å². The molecule has 1 saturated heterocycles. The highest BCUT2D eigenvalue weighted by Crippen LogP contribution is 2.68. The highest BCUT2D eigenvalue weighted by Gasteiger charge is 2.84. The van der Waals surface area contributed by atoms with Gasteiger partial charge in [-0.05, 0) is 50.2 Å². The van der Waals surface area contributed by atoms with Crippen LogP contribution in [0.3, 0.4) is 0 Å². The van der Waals surface area contributed by atoms with E-state index in [2.05, 4.69) is 0 Å². The van der Waals surface area contributed by atoms with Crippen molar-refractivity contribution in [1.82, 2.24) is 0 Å². The second-order valence-electron chi connectivity index (χ2n) is 12.2. The molecule has 38 heavy (non-hydrogen) atoms. The monoisotopic (exact) mass is 532 g/mol. The Balaban J connectivity index is 1.89. The van der Waals surface area contributed by atoms with Gasteiger partial charge in [0.25, 0.3) is 0 Å². The molecule has 3 fully saturated rings. The summed E-state index contributed by atoms with van der Waals surface area (Å²) in [5, 5.41) is 11.7. The molecular weight excluding hydrogens is 492 g/mol. The Bertz CT molecular complexity index is 1120. The predicted octanol–water partition coefficient (Wildman–Crippen LogP) is 3.07. The number of hydrogen-bond donors (Lipinski definition) is 1. The van der Waals surface area contributed by atoms with Gasteiger partial charge < -0.3 is 24.1 Å². The predicted molar refractivity (Wildman–Crippen MR) is 135 cm³/mol. The zero-order valence-electron chi connectivity index (χ0n) is 23.7. The lowest BCUT2D eigenvalue weighted by atomic mass is 9.80. The molecule has 10 atom stereocenters. The van der Waals surface area contributed by atoms with E-state index in [1.54, 1.807) is 39.8 Å². The fourth-order valence-electron chi connectivity index (χ4n) is 7.25. The third-order valence-electron chi connectivity index (χ3n) is 9.29. The second kappa shape index (κ2) is 9.30. The molecule has 0 aromatic heterocycles. The first-order valence-electron chi connectivity index (χ1n) is 13.4. The van der Waals surface area contributed by atoms with Crippen LogP contribution in [0, 0.1) is 29.1 Å². The number of rotatable bonds is 4. The molecule has 2 saturated carbocycles. The minimum Gasteiger partial charge on any atom is -0.461 e. The third-order valence-corrected chi connectivity index (χ3v) is 9.29. The maximum atomic E-state index is 14.2. The van der Waals surface area contributed by atoms with Gasteiger partial charge in [0.2, 0.25) is 0 Å². The standard InChI is InChI=1S/C29H40O9/c1-10-13(2)26(34)37-22-14(3)11-29-25(36-18(7)31)15(4)12-28(29,38-29)24(33)16(5)23(35-17(6)30)20-19(21(22)32)27(20,8)9/h10-11,15-16,19-23,25,32H,12H2,1-9H3/b13-10-,14-11+/t15-,16-,19+,20-,21-,22+,23-,25-,28-,29-/m0/s1. The summed E-state index contributed by atoms with van der Waals surface area (Å²) in [6.45, 7) is 15.2. The molecule has 0 bridgehead atoms. The van der Waals surface area contributed by atoms with Crippen LogP contribution in [0.5, 0.6) is 0 Å². The minimum atomic E-state index is -1.29. The number of hydrogen-bond acceptors (Lipinski definition) is 9. The van der Waals surface area contributed by atoms with E-state index < -0.39 is 70.8 Å². The summed E-state index contributed by atoms with van der Waals surface area (Å²) >= 11 is 0. The lowest BCUT2D eigenvalue weighted by molar-refractivity contribution is -0.154. The molecule has 1 heterocycles. The van der Waals surface area contributed by atoms with Gasteiger partial charge in [-0.3, -0.25) is 14.4 Å². The van der Waals surface area contributed by atoms with Crippen molar-refractivity contribution in [3.05, 3.63) is 23.3 Å². The normalized spacial score (nSPS) is 44.7. The molecule has 0 unspecified atom stereocenters. The maximum absolute atomic E-state index is 14.2. The Kier molecular flexibility index (Phi) is 6.97. The first-order valence-corrected chi connectivity index (χ1v) is 13.4. The van der Waals surface area contributed by atoms with Crippen molar-refractivity contribution in [1.29, 1.82) is 0 Å². The van der Waals surface area contributed by atoms with Gasteiger partial charge >= 0.3 is 17.9 Å². The summed E-state index contributed by atoms with van der Waals surface area (Å²) in [4.78, 5) is 51.3. The molecule has 0 radical (unpaired) electrons. The average molecular weight is 533 g/mol. The number of ketones is 1. The van der Waals surface area contributed by atoms with E-state index in [-0.39, 0.29) is 17.6 Å². The lowest BCUT2D eigenvalue weighted by Crippen LogP contribution is -2.43. The molecule has 3 aliphatic carbocycles. The van der Waals surface area contributed by atoms with Crippen molar-refractivity contribution in [2.24, 2.45) is 29.1 Å². The average Bonchev–Trinajstić information content (AvgIpc) is 3.62. The summed E-state index contributed by atoms with van der Waals surface area (Å²) in [6.07, 6.45) is -0.128. The largest absolute Gasteiger partial charge is 0.461 e.